The predicted molar refractivity (Wildman–Crippen MR) is 162 cm³/mol. The number of benzene rings is 1. The van der Waals surface area contributed by atoms with E-state index in [9.17, 15) is 0 Å². The fraction of sp³-hybridized carbons (Fsp3) is 0.800. The molecule has 3 rings (SSSR count). The Morgan fingerprint density at radius 3 is 1.21 bits per heavy atom. The van der Waals surface area contributed by atoms with Gasteiger partial charge in [-0.05, 0) is 114 Å². The fourth-order valence-corrected chi connectivity index (χ4v) is 5.41. The van der Waals surface area contributed by atoms with Crippen LogP contribution in [0.25, 0.3) is 0 Å². The number of rotatable bonds is 4. The van der Waals surface area contributed by atoms with Crippen molar-refractivity contribution in [2.24, 2.45) is 0 Å². The largest absolute Gasteiger partial charge is 0.317 e. The third-order valence-electron chi connectivity index (χ3n) is 7.82. The lowest BCUT2D eigenvalue weighted by Gasteiger charge is -2.26. The van der Waals surface area contributed by atoms with Crippen molar-refractivity contribution in [3.8, 4) is 0 Å². The molecule has 1 aromatic carbocycles. The first-order valence-electron chi connectivity index (χ1n) is 15.5. The van der Waals surface area contributed by atoms with E-state index in [1.807, 2.05) is 0 Å². The van der Waals surface area contributed by atoms with E-state index in [4.69, 9.17) is 0 Å². The van der Waals surface area contributed by atoms with Crippen molar-refractivity contribution in [2.45, 2.75) is 52.6 Å². The summed E-state index contributed by atoms with van der Waals surface area (Å²) in [7, 11) is 0. The Hall–Kier alpha value is -1.10. The van der Waals surface area contributed by atoms with Gasteiger partial charge in [0.1, 0.15) is 0 Å². The summed E-state index contributed by atoms with van der Waals surface area (Å²) in [5, 5.41) is 21.6. The maximum Gasteiger partial charge on any atom is 0.0237 e. The Morgan fingerprint density at radius 2 is 0.789 bits per heavy atom. The van der Waals surface area contributed by atoms with Gasteiger partial charge in [0.05, 0.1) is 0 Å². The standard InChI is InChI=1S/C30H58N8/c1-27-23-30(26-38-20-6-12-32-8-4-10-34-14-16-36-18-22-38)28(2)24-29(27)25-37-19-5-11-31-7-3-9-33-13-15-35-17-21-37/h23-24,31-36H,3-22,25-26H2,1-2H3. The van der Waals surface area contributed by atoms with Crippen LogP contribution < -0.4 is 31.9 Å². The molecule has 0 saturated carbocycles. The van der Waals surface area contributed by atoms with Gasteiger partial charge < -0.3 is 31.9 Å². The maximum absolute atomic E-state index is 3.63. The van der Waals surface area contributed by atoms with Gasteiger partial charge in [0.2, 0.25) is 0 Å². The van der Waals surface area contributed by atoms with Gasteiger partial charge in [-0.1, -0.05) is 12.1 Å². The number of aryl methyl sites for hydroxylation is 2. The Bertz CT molecular complexity index is 653. The Morgan fingerprint density at radius 1 is 0.447 bits per heavy atom. The normalized spacial score (nSPS) is 22.4. The smallest absolute Gasteiger partial charge is 0.0237 e. The molecule has 0 amide bonds. The molecular weight excluding hydrogens is 472 g/mol. The molecule has 2 aliphatic heterocycles. The molecule has 1 aromatic rings. The fourth-order valence-electron chi connectivity index (χ4n) is 5.41. The summed E-state index contributed by atoms with van der Waals surface area (Å²) in [6.07, 6.45) is 4.82. The highest BCUT2D eigenvalue weighted by Gasteiger charge is 2.13. The summed E-state index contributed by atoms with van der Waals surface area (Å²) >= 11 is 0. The van der Waals surface area contributed by atoms with Gasteiger partial charge in [0.15, 0.2) is 0 Å². The molecule has 38 heavy (non-hydrogen) atoms. The van der Waals surface area contributed by atoms with E-state index in [-0.39, 0.29) is 0 Å². The summed E-state index contributed by atoms with van der Waals surface area (Å²) in [6, 6.07) is 4.95. The second kappa shape index (κ2) is 19.9. The number of hydrogen-bond donors (Lipinski definition) is 6. The van der Waals surface area contributed by atoms with Gasteiger partial charge in [0.25, 0.3) is 0 Å². The van der Waals surface area contributed by atoms with Crippen LogP contribution in [0.5, 0.6) is 0 Å². The first-order valence-corrected chi connectivity index (χ1v) is 15.5. The molecule has 2 fully saturated rings. The summed E-state index contributed by atoms with van der Waals surface area (Å²) < 4.78 is 0. The summed E-state index contributed by atoms with van der Waals surface area (Å²) in [5.74, 6) is 0. The zero-order chi connectivity index (χ0) is 26.7. The van der Waals surface area contributed by atoms with Crippen molar-refractivity contribution < 1.29 is 0 Å². The van der Waals surface area contributed by atoms with Gasteiger partial charge in [-0.2, -0.15) is 0 Å². The van der Waals surface area contributed by atoms with Crippen molar-refractivity contribution >= 4 is 0 Å². The van der Waals surface area contributed by atoms with Gasteiger partial charge in [0, 0.05) is 65.4 Å². The zero-order valence-corrected chi connectivity index (χ0v) is 24.6. The summed E-state index contributed by atoms with van der Waals surface area (Å²) in [4.78, 5) is 5.29. The van der Waals surface area contributed by atoms with E-state index in [1.54, 1.807) is 0 Å². The van der Waals surface area contributed by atoms with Crippen molar-refractivity contribution in [3.63, 3.8) is 0 Å². The van der Waals surface area contributed by atoms with Crippen LogP contribution in [0.2, 0.25) is 0 Å². The number of nitrogens with zero attached hydrogens (tertiary/aromatic N) is 2. The van der Waals surface area contributed by atoms with Crippen LogP contribution in [0, 0.1) is 13.8 Å². The summed E-state index contributed by atoms with van der Waals surface area (Å²) in [6.45, 7) is 24.2. The van der Waals surface area contributed by atoms with Gasteiger partial charge in [-0.25, -0.2) is 0 Å². The second-order valence-corrected chi connectivity index (χ2v) is 11.2. The van der Waals surface area contributed by atoms with Crippen molar-refractivity contribution in [1.82, 2.24) is 41.7 Å². The molecule has 2 heterocycles. The zero-order valence-electron chi connectivity index (χ0n) is 24.6. The van der Waals surface area contributed by atoms with E-state index in [0.717, 1.165) is 118 Å². The molecule has 8 nitrogen and oxygen atoms in total. The van der Waals surface area contributed by atoms with Gasteiger partial charge in [-0.15, -0.1) is 0 Å². The van der Waals surface area contributed by atoms with E-state index in [0.29, 0.717) is 0 Å². The predicted octanol–water partition coefficient (Wildman–Crippen LogP) is 1.03. The molecule has 0 aromatic heterocycles. The highest BCUT2D eigenvalue weighted by molar-refractivity contribution is 5.37. The Balaban J connectivity index is 1.56. The van der Waals surface area contributed by atoms with Crippen LogP contribution in [-0.2, 0) is 13.1 Å². The van der Waals surface area contributed by atoms with Crippen LogP contribution >= 0.6 is 0 Å². The maximum atomic E-state index is 3.63. The monoisotopic (exact) mass is 530 g/mol. The first kappa shape index (κ1) is 31.4. The van der Waals surface area contributed by atoms with Crippen molar-refractivity contribution in [3.05, 3.63) is 34.4 Å². The van der Waals surface area contributed by atoms with Crippen LogP contribution in [0.4, 0.5) is 0 Å². The van der Waals surface area contributed by atoms with E-state index < -0.39 is 0 Å². The topological polar surface area (TPSA) is 78.7 Å². The van der Waals surface area contributed by atoms with Crippen LogP contribution in [0.1, 0.15) is 47.9 Å². The molecule has 8 heteroatoms. The highest BCUT2D eigenvalue weighted by Crippen LogP contribution is 2.20. The molecule has 0 radical (unpaired) electrons. The highest BCUT2D eigenvalue weighted by atomic mass is 15.1. The van der Waals surface area contributed by atoms with E-state index >= 15 is 0 Å². The average molecular weight is 531 g/mol. The minimum Gasteiger partial charge on any atom is -0.317 e. The lowest BCUT2D eigenvalue weighted by molar-refractivity contribution is 0.257. The quantitative estimate of drug-likeness (QED) is 0.345. The molecule has 0 atom stereocenters. The molecule has 2 saturated heterocycles. The first-order chi connectivity index (χ1) is 18.7. The molecular formula is C30H58N8. The molecule has 0 unspecified atom stereocenters. The average Bonchev–Trinajstić information content (AvgIpc) is 2.91. The third-order valence-corrected chi connectivity index (χ3v) is 7.82. The minimum atomic E-state index is 1.04. The van der Waals surface area contributed by atoms with Crippen molar-refractivity contribution in [1.29, 1.82) is 0 Å². The molecule has 2 aliphatic rings. The minimum absolute atomic E-state index is 1.04. The Kier molecular flexibility index (Phi) is 16.4. The lowest BCUT2D eigenvalue weighted by Crippen LogP contribution is -2.37. The van der Waals surface area contributed by atoms with Crippen LogP contribution in [-0.4, -0.2) is 115 Å². The molecule has 218 valence electrons. The van der Waals surface area contributed by atoms with Gasteiger partial charge >= 0.3 is 0 Å². The van der Waals surface area contributed by atoms with E-state index in [2.05, 4.69) is 67.7 Å². The molecule has 0 aliphatic carbocycles. The van der Waals surface area contributed by atoms with E-state index in [1.165, 1.54) is 47.9 Å². The van der Waals surface area contributed by atoms with Gasteiger partial charge in [-0.3, -0.25) is 9.80 Å². The van der Waals surface area contributed by atoms with Crippen LogP contribution in [0.3, 0.4) is 0 Å². The third kappa shape index (κ3) is 13.3. The Labute approximate surface area is 233 Å². The summed E-state index contributed by atoms with van der Waals surface area (Å²) in [5.41, 5.74) is 5.85. The lowest BCUT2D eigenvalue weighted by atomic mass is 9.99. The number of hydrogen-bond acceptors (Lipinski definition) is 8. The SMILES string of the molecule is Cc1cc(CN2CCCNCCCNCCNCC2)c(C)cc1CN1CCCNCCCNCCNCC1. The van der Waals surface area contributed by atoms with Crippen LogP contribution in [0.15, 0.2) is 12.1 Å². The second-order valence-electron chi connectivity index (χ2n) is 11.2. The van der Waals surface area contributed by atoms with Crippen molar-refractivity contribution in [2.75, 3.05) is 105 Å². The molecule has 6 N–H and O–H groups in total. The molecule has 0 spiro atoms. The number of nitrogens with one attached hydrogen (secondary N) is 6. The molecule has 0 bridgehead atoms.